The van der Waals surface area contributed by atoms with Gasteiger partial charge in [0.05, 0.1) is 0 Å². The first-order valence-electron chi connectivity index (χ1n) is 4.03. The summed E-state index contributed by atoms with van der Waals surface area (Å²) in [6, 6.07) is 10.8. The molecule has 2 heteroatoms. The molecule has 0 nitrogen and oxygen atoms in total. The first-order valence-corrected chi connectivity index (χ1v) is 6.19. The maximum atomic E-state index is 2.42. The standard InChI is InChI=1S/C11H8I2/c1-7-6-10(12)8-4-2-3-5-9(8)11(7)13/h2-6H,1H3. The lowest BCUT2D eigenvalue weighted by atomic mass is 10.1. The molecule has 0 aliphatic rings. The van der Waals surface area contributed by atoms with E-state index in [1.807, 2.05) is 0 Å². The molecular formula is C11H8I2. The molecule has 2 aromatic carbocycles. The average molecular weight is 394 g/mol. The molecule has 66 valence electrons. The Morgan fingerprint density at radius 1 is 1.00 bits per heavy atom. The lowest BCUT2D eigenvalue weighted by Gasteiger charge is -2.06. The molecule has 0 atom stereocenters. The van der Waals surface area contributed by atoms with Crippen molar-refractivity contribution in [3.63, 3.8) is 0 Å². The highest BCUT2D eigenvalue weighted by Gasteiger charge is 2.04. The average Bonchev–Trinajstić information content (AvgIpc) is 2.15. The Hall–Kier alpha value is 0.160. The van der Waals surface area contributed by atoms with E-state index < -0.39 is 0 Å². The van der Waals surface area contributed by atoms with Gasteiger partial charge in [-0.3, -0.25) is 0 Å². The molecule has 0 saturated carbocycles. The van der Waals surface area contributed by atoms with Gasteiger partial charge < -0.3 is 0 Å². The molecule has 0 bridgehead atoms. The van der Waals surface area contributed by atoms with Crippen LogP contribution >= 0.6 is 45.2 Å². The van der Waals surface area contributed by atoms with Gasteiger partial charge in [0.1, 0.15) is 0 Å². The molecule has 0 spiro atoms. The van der Waals surface area contributed by atoms with Gasteiger partial charge in [-0.2, -0.15) is 0 Å². The van der Waals surface area contributed by atoms with Crippen LogP contribution in [0.25, 0.3) is 10.8 Å². The Morgan fingerprint density at radius 2 is 1.62 bits per heavy atom. The second-order valence-corrected chi connectivity index (χ2v) is 5.28. The van der Waals surface area contributed by atoms with Gasteiger partial charge in [0.2, 0.25) is 0 Å². The highest BCUT2D eigenvalue weighted by Crippen LogP contribution is 2.27. The van der Waals surface area contributed by atoms with Crippen molar-refractivity contribution >= 4 is 56.0 Å². The van der Waals surface area contributed by atoms with Gasteiger partial charge >= 0.3 is 0 Å². The molecule has 0 aliphatic carbocycles. The van der Waals surface area contributed by atoms with E-state index in [1.165, 1.54) is 23.5 Å². The highest BCUT2D eigenvalue weighted by atomic mass is 127. The summed E-state index contributed by atoms with van der Waals surface area (Å²) in [5.41, 5.74) is 1.36. The maximum Gasteiger partial charge on any atom is 0.0238 e. The third-order valence-electron chi connectivity index (χ3n) is 2.11. The van der Waals surface area contributed by atoms with Crippen LogP contribution in [0.4, 0.5) is 0 Å². The lowest BCUT2D eigenvalue weighted by Crippen LogP contribution is -1.86. The minimum atomic E-state index is 1.34. The Bertz CT molecular complexity index is 461. The summed E-state index contributed by atoms with van der Waals surface area (Å²) in [4.78, 5) is 0. The van der Waals surface area contributed by atoms with Gasteiger partial charge in [0.25, 0.3) is 0 Å². The van der Waals surface area contributed by atoms with E-state index in [9.17, 15) is 0 Å². The Kier molecular flexibility index (Phi) is 2.78. The van der Waals surface area contributed by atoms with E-state index in [0.717, 1.165) is 0 Å². The zero-order valence-corrected chi connectivity index (χ0v) is 11.5. The summed E-state index contributed by atoms with van der Waals surface area (Å²) in [7, 11) is 0. The molecule has 0 unspecified atom stereocenters. The van der Waals surface area contributed by atoms with E-state index >= 15 is 0 Å². The Labute approximate surface area is 105 Å². The second-order valence-electron chi connectivity index (χ2n) is 3.03. The third kappa shape index (κ3) is 1.70. The molecule has 0 heterocycles. The van der Waals surface area contributed by atoms with Crippen LogP contribution in [-0.2, 0) is 0 Å². The van der Waals surface area contributed by atoms with Gasteiger partial charge in [0, 0.05) is 7.14 Å². The predicted molar refractivity (Wildman–Crippen MR) is 74.1 cm³/mol. The molecule has 0 radical (unpaired) electrons. The number of benzene rings is 2. The van der Waals surface area contributed by atoms with Crippen molar-refractivity contribution in [1.82, 2.24) is 0 Å². The van der Waals surface area contributed by atoms with Crippen molar-refractivity contribution in [2.24, 2.45) is 0 Å². The summed E-state index contributed by atoms with van der Waals surface area (Å²) in [6.45, 7) is 2.16. The zero-order valence-electron chi connectivity index (χ0n) is 7.14. The largest absolute Gasteiger partial charge is 0.0616 e. The molecule has 13 heavy (non-hydrogen) atoms. The fourth-order valence-corrected chi connectivity index (χ4v) is 2.99. The van der Waals surface area contributed by atoms with Crippen LogP contribution in [0.1, 0.15) is 5.56 Å². The Morgan fingerprint density at radius 3 is 2.31 bits per heavy atom. The number of aryl methyl sites for hydroxylation is 1. The van der Waals surface area contributed by atoms with Crippen LogP contribution in [0.3, 0.4) is 0 Å². The molecule has 2 rings (SSSR count). The minimum absolute atomic E-state index is 1.34. The summed E-state index contributed by atoms with van der Waals surface area (Å²) in [6.07, 6.45) is 0. The van der Waals surface area contributed by atoms with Crippen molar-refractivity contribution in [3.05, 3.63) is 43.0 Å². The fourth-order valence-electron chi connectivity index (χ4n) is 1.43. The van der Waals surface area contributed by atoms with E-state index in [0.29, 0.717) is 0 Å². The topological polar surface area (TPSA) is 0 Å². The van der Waals surface area contributed by atoms with E-state index in [1.54, 1.807) is 0 Å². The first-order chi connectivity index (χ1) is 6.20. The van der Waals surface area contributed by atoms with Crippen molar-refractivity contribution in [2.45, 2.75) is 6.92 Å². The normalized spacial score (nSPS) is 10.7. The van der Waals surface area contributed by atoms with Gasteiger partial charge in [-0.05, 0) is 74.5 Å². The monoisotopic (exact) mass is 394 g/mol. The quantitative estimate of drug-likeness (QED) is 0.583. The Balaban J connectivity index is 2.97. The van der Waals surface area contributed by atoms with Crippen molar-refractivity contribution in [3.8, 4) is 0 Å². The minimum Gasteiger partial charge on any atom is -0.0616 e. The number of rotatable bonds is 0. The molecular weight excluding hydrogens is 386 g/mol. The van der Waals surface area contributed by atoms with Gasteiger partial charge in [0.15, 0.2) is 0 Å². The second kappa shape index (κ2) is 3.73. The highest BCUT2D eigenvalue weighted by molar-refractivity contribution is 14.1. The van der Waals surface area contributed by atoms with Crippen molar-refractivity contribution < 1.29 is 0 Å². The molecule has 0 aromatic heterocycles. The number of hydrogen-bond donors (Lipinski definition) is 0. The van der Waals surface area contributed by atoms with Crippen LogP contribution in [0, 0.1) is 14.1 Å². The zero-order chi connectivity index (χ0) is 9.42. The molecule has 0 aliphatic heterocycles. The smallest absolute Gasteiger partial charge is 0.0238 e. The van der Waals surface area contributed by atoms with Crippen LogP contribution in [0.2, 0.25) is 0 Å². The molecule has 2 aromatic rings. The van der Waals surface area contributed by atoms with Crippen LogP contribution in [-0.4, -0.2) is 0 Å². The number of fused-ring (bicyclic) bond motifs is 1. The van der Waals surface area contributed by atoms with Gasteiger partial charge in [-0.25, -0.2) is 0 Å². The first kappa shape index (κ1) is 9.71. The summed E-state index contributed by atoms with van der Waals surface area (Å²) in [5, 5.41) is 2.73. The fraction of sp³-hybridized carbons (Fsp3) is 0.0909. The SMILES string of the molecule is Cc1cc(I)c2ccccc2c1I. The van der Waals surface area contributed by atoms with Gasteiger partial charge in [-0.15, -0.1) is 0 Å². The number of halogens is 2. The van der Waals surface area contributed by atoms with E-state index in [-0.39, 0.29) is 0 Å². The van der Waals surface area contributed by atoms with E-state index in [4.69, 9.17) is 0 Å². The number of hydrogen-bond acceptors (Lipinski definition) is 0. The summed E-state index contributed by atoms with van der Waals surface area (Å²) >= 11 is 4.81. The van der Waals surface area contributed by atoms with Crippen molar-refractivity contribution in [2.75, 3.05) is 0 Å². The third-order valence-corrected chi connectivity index (χ3v) is 4.43. The molecule has 0 fully saturated rings. The summed E-state index contributed by atoms with van der Waals surface area (Å²) < 4.78 is 2.71. The van der Waals surface area contributed by atoms with E-state index in [2.05, 4.69) is 82.4 Å². The molecule has 0 N–H and O–H groups in total. The molecule has 0 amide bonds. The maximum absolute atomic E-state index is 2.42. The predicted octanol–water partition coefficient (Wildman–Crippen LogP) is 4.36. The van der Waals surface area contributed by atoms with Gasteiger partial charge in [-0.1, -0.05) is 24.3 Å². The lowest BCUT2D eigenvalue weighted by molar-refractivity contribution is 1.45. The van der Waals surface area contributed by atoms with Crippen molar-refractivity contribution in [1.29, 1.82) is 0 Å². The van der Waals surface area contributed by atoms with Crippen LogP contribution in [0.15, 0.2) is 30.3 Å². The molecule has 0 saturated heterocycles. The van der Waals surface area contributed by atoms with Crippen LogP contribution in [0.5, 0.6) is 0 Å². The summed E-state index contributed by atoms with van der Waals surface area (Å²) in [5.74, 6) is 0. The van der Waals surface area contributed by atoms with Crippen LogP contribution < -0.4 is 0 Å².